The summed E-state index contributed by atoms with van der Waals surface area (Å²) in [5.41, 5.74) is 2.39. The van der Waals surface area contributed by atoms with Crippen LogP contribution < -0.4 is 5.32 Å². The average molecular weight is 555 g/mol. The fraction of sp³-hybridized carbons (Fsp3) is 0.478. The van der Waals surface area contributed by atoms with Gasteiger partial charge in [0, 0.05) is 4.88 Å². The number of nitrogens with one attached hydrogen (secondary N) is 1. The zero-order chi connectivity index (χ0) is 21.5. The van der Waals surface area contributed by atoms with E-state index in [2.05, 4.69) is 61.4 Å². The van der Waals surface area contributed by atoms with Crippen molar-refractivity contribution in [1.29, 1.82) is 0 Å². The Hall–Kier alpha value is -1.18. The summed E-state index contributed by atoms with van der Waals surface area (Å²) in [6.07, 6.45) is 4.15. The van der Waals surface area contributed by atoms with Crippen LogP contribution in [0.5, 0.6) is 0 Å². The summed E-state index contributed by atoms with van der Waals surface area (Å²) in [5, 5.41) is 3.68. The highest BCUT2D eigenvalue weighted by Crippen LogP contribution is 2.66. The van der Waals surface area contributed by atoms with Gasteiger partial charge in [-0.25, -0.2) is 4.79 Å². The zero-order valence-electron chi connectivity index (χ0n) is 17.1. The van der Waals surface area contributed by atoms with Gasteiger partial charge in [0.25, 0.3) is 0 Å². The number of amides is 1. The molecule has 1 saturated carbocycles. The Morgan fingerprint density at radius 3 is 2.60 bits per heavy atom. The van der Waals surface area contributed by atoms with E-state index in [1.807, 2.05) is 19.9 Å². The van der Waals surface area contributed by atoms with Gasteiger partial charge in [-0.3, -0.25) is 4.79 Å². The second kappa shape index (κ2) is 8.40. The standard InChI is InChI=1S/C23H25Br2NO3S/c1-3-11-29-20(27)18-16-10-9-15(14-7-5-4-6-8-14)12-17(16)30-19(18)26-21(28)22(2)13-23(22,24)25/h4-8,15H,3,9-13H2,1-2H3,(H,26,28)/t15-,22-/m0/s1. The average Bonchev–Trinajstić information content (AvgIpc) is 3.07. The number of hydrogen-bond donors (Lipinski definition) is 1. The van der Waals surface area contributed by atoms with Crippen molar-refractivity contribution in [2.45, 2.75) is 55.1 Å². The lowest BCUT2D eigenvalue weighted by Gasteiger charge is -2.23. The molecular formula is C23H25Br2NO3S. The maximum atomic E-state index is 13.0. The van der Waals surface area contributed by atoms with Crippen molar-refractivity contribution in [3.63, 3.8) is 0 Å². The molecule has 1 N–H and O–H groups in total. The van der Waals surface area contributed by atoms with Crippen molar-refractivity contribution in [1.82, 2.24) is 0 Å². The van der Waals surface area contributed by atoms with E-state index < -0.39 is 5.41 Å². The van der Waals surface area contributed by atoms with Gasteiger partial charge in [-0.15, -0.1) is 11.3 Å². The van der Waals surface area contributed by atoms with Crippen LogP contribution >= 0.6 is 43.2 Å². The van der Waals surface area contributed by atoms with E-state index in [0.29, 0.717) is 29.5 Å². The van der Waals surface area contributed by atoms with E-state index in [4.69, 9.17) is 4.74 Å². The van der Waals surface area contributed by atoms with Crippen LogP contribution in [0.2, 0.25) is 0 Å². The molecule has 0 saturated heterocycles. The van der Waals surface area contributed by atoms with Gasteiger partial charge in [-0.1, -0.05) is 69.1 Å². The van der Waals surface area contributed by atoms with Gasteiger partial charge in [0.05, 0.1) is 20.8 Å². The van der Waals surface area contributed by atoms with Gasteiger partial charge in [0.2, 0.25) is 5.91 Å². The number of esters is 1. The fourth-order valence-electron chi connectivity index (χ4n) is 4.05. The number of benzene rings is 1. The first-order chi connectivity index (χ1) is 14.3. The van der Waals surface area contributed by atoms with E-state index in [1.54, 1.807) is 0 Å². The smallest absolute Gasteiger partial charge is 0.341 e. The topological polar surface area (TPSA) is 55.4 Å². The highest BCUT2D eigenvalue weighted by atomic mass is 79.9. The number of carbonyl (C=O) groups excluding carboxylic acids is 2. The number of ether oxygens (including phenoxy) is 1. The number of alkyl halides is 2. The first kappa shape index (κ1) is 22.0. The third kappa shape index (κ3) is 4.00. The lowest BCUT2D eigenvalue weighted by Crippen LogP contribution is -2.26. The summed E-state index contributed by atoms with van der Waals surface area (Å²) >= 11 is 8.66. The highest BCUT2D eigenvalue weighted by Gasteiger charge is 2.66. The van der Waals surface area contributed by atoms with Crippen LogP contribution in [-0.2, 0) is 22.4 Å². The molecule has 2 aliphatic carbocycles. The number of anilines is 1. The van der Waals surface area contributed by atoms with Crippen molar-refractivity contribution >= 4 is 60.1 Å². The molecule has 0 aliphatic heterocycles. The maximum Gasteiger partial charge on any atom is 0.341 e. The van der Waals surface area contributed by atoms with Crippen LogP contribution in [0.15, 0.2) is 30.3 Å². The molecular weight excluding hydrogens is 530 g/mol. The Morgan fingerprint density at radius 1 is 1.27 bits per heavy atom. The van der Waals surface area contributed by atoms with Crippen molar-refractivity contribution in [3.8, 4) is 0 Å². The van der Waals surface area contributed by atoms with Crippen molar-refractivity contribution in [2.75, 3.05) is 11.9 Å². The Labute approximate surface area is 198 Å². The Balaban J connectivity index is 1.63. The van der Waals surface area contributed by atoms with Gasteiger partial charge in [-0.2, -0.15) is 0 Å². The van der Waals surface area contributed by atoms with Gasteiger partial charge >= 0.3 is 5.97 Å². The van der Waals surface area contributed by atoms with E-state index in [0.717, 1.165) is 31.2 Å². The third-order valence-corrected chi connectivity index (χ3v) is 9.64. The Bertz CT molecular complexity index is 972. The molecule has 2 aliphatic rings. The minimum absolute atomic E-state index is 0.0843. The summed E-state index contributed by atoms with van der Waals surface area (Å²) < 4.78 is 5.10. The van der Waals surface area contributed by atoms with E-state index in [9.17, 15) is 9.59 Å². The second-order valence-electron chi connectivity index (χ2n) is 8.36. The number of hydrogen-bond acceptors (Lipinski definition) is 4. The molecule has 30 heavy (non-hydrogen) atoms. The number of carbonyl (C=O) groups is 2. The SMILES string of the molecule is CCCOC(=O)c1c(NC(=O)[C@]2(C)CC2(Br)Br)sc2c1CC[C@H](c1ccccc1)C2. The number of halogens is 2. The van der Waals surface area contributed by atoms with E-state index in [1.165, 1.54) is 21.8 Å². The number of fused-ring (bicyclic) bond motifs is 1. The van der Waals surface area contributed by atoms with Crippen molar-refractivity contribution < 1.29 is 14.3 Å². The molecule has 2 atom stereocenters. The summed E-state index contributed by atoms with van der Waals surface area (Å²) in [4.78, 5) is 27.1. The van der Waals surface area contributed by atoms with Crippen LogP contribution in [0.1, 0.15) is 65.4 Å². The predicted octanol–water partition coefficient (Wildman–Crippen LogP) is 6.42. The number of thiophene rings is 1. The second-order valence-corrected chi connectivity index (χ2v) is 13.2. The monoisotopic (exact) mass is 553 g/mol. The van der Waals surface area contributed by atoms with E-state index >= 15 is 0 Å². The highest BCUT2D eigenvalue weighted by molar-refractivity contribution is 9.25. The molecule has 1 aromatic carbocycles. The molecule has 4 rings (SSSR count). The first-order valence-corrected chi connectivity index (χ1v) is 12.7. The summed E-state index contributed by atoms with van der Waals surface area (Å²) in [7, 11) is 0. The molecule has 0 spiro atoms. The van der Waals surface area contributed by atoms with E-state index in [-0.39, 0.29) is 15.1 Å². The fourth-order valence-corrected chi connectivity index (χ4v) is 6.85. The lowest BCUT2D eigenvalue weighted by atomic mass is 9.83. The van der Waals surface area contributed by atoms with Crippen LogP contribution in [0.4, 0.5) is 5.00 Å². The molecule has 1 aromatic heterocycles. The van der Waals surface area contributed by atoms with Crippen molar-refractivity contribution in [2.24, 2.45) is 5.41 Å². The molecule has 2 aromatic rings. The van der Waals surface area contributed by atoms with Crippen LogP contribution in [0.3, 0.4) is 0 Å². The molecule has 1 fully saturated rings. The minimum Gasteiger partial charge on any atom is -0.462 e. The van der Waals surface area contributed by atoms with Gasteiger partial charge in [-0.05, 0) is 56.1 Å². The van der Waals surface area contributed by atoms with Crippen LogP contribution in [-0.4, -0.2) is 21.7 Å². The normalized spacial score (nSPS) is 24.1. The summed E-state index contributed by atoms with van der Waals surface area (Å²) in [6, 6.07) is 10.5. The largest absolute Gasteiger partial charge is 0.462 e. The van der Waals surface area contributed by atoms with Gasteiger partial charge in [0.1, 0.15) is 5.00 Å². The molecule has 7 heteroatoms. The maximum absolute atomic E-state index is 13.0. The van der Waals surface area contributed by atoms with Crippen LogP contribution in [0, 0.1) is 5.41 Å². The van der Waals surface area contributed by atoms with Crippen molar-refractivity contribution in [3.05, 3.63) is 51.9 Å². The van der Waals surface area contributed by atoms with Crippen LogP contribution in [0.25, 0.3) is 0 Å². The molecule has 4 nitrogen and oxygen atoms in total. The van der Waals surface area contributed by atoms with Gasteiger partial charge < -0.3 is 10.1 Å². The van der Waals surface area contributed by atoms with Gasteiger partial charge in [0.15, 0.2) is 0 Å². The molecule has 1 amide bonds. The molecule has 0 unspecified atom stereocenters. The summed E-state index contributed by atoms with van der Waals surface area (Å²) in [6.45, 7) is 4.27. The Kier molecular flexibility index (Phi) is 6.17. The lowest BCUT2D eigenvalue weighted by molar-refractivity contribution is -0.120. The Morgan fingerprint density at radius 2 is 1.97 bits per heavy atom. The number of rotatable bonds is 6. The summed E-state index contributed by atoms with van der Waals surface area (Å²) in [5.74, 6) is 0.0193. The first-order valence-electron chi connectivity index (χ1n) is 10.3. The molecule has 1 heterocycles. The quantitative estimate of drug-likeness (QED) is 0.331. The zero-order valence-corrected chi connectivity index (χ0v) is 21.1. The minimum atomic E-state index is -0.547. The molecule has 0 radical (unpaired) electrons. The predicted molar refractivity (Wildman–Crippen MR) is 128 cm³/mol. The molecule has 0 bridgehead atoms. The third-order valence-electron chi connectivity index (χ3n) is 6.16. The molecule has 160 valence electrons.